The molecule has 0 aromatic heterocycles. The summed E-state index contributed by atoms with van der Waals surface area (Å²) < 4.78 is 0. The molecule has 0 amide bonds. The van der Waals surface area contributed by atoms with E-state index < -0.39 is 0 Å². The van der Waals surface area contributed by atoms with Crippen LogP contribution in [-0.2, 0) is 0 Å². The summed E-state index contributed by atoms with van der Waals surface area (Å²) in [5.41, 5.74) is 6.35. The summed E-state index contributed by atoms with van der Waals surface area (Å²) in [7, 11) is 0. The van der Waals surface area contributed by atoms with Crippen LogP contribution in [0.1, 0.15) is 22.3 Å². The Morgan fingerprint density at radius 3 is 1.45 bits per heavy atom. The lowest BCUT2D eigenvalue weighted by Crippen LogP contribution is -1.85. The maximum Gasteiger partial charge on any atom is 0.115 e. The van der Waals surface area contributed by atoms with Crippen LogP contribution in [0.2, 0.25) is 0 Å². The van der Waals surface area contributed by atoms with Gasteiger partial charge >= 0.3 is 0 Å². The van der Waals surface area contributed by atoms with Crippen molar-refractivity contribution in [2.45, 2.75) is 0 Å². The number of benzene rings is 2. The summed E-state index contributed by atoms with van der Waals surface area (Å²) in [5.74, 6) is 0.0852. The van der Waals surface area contributed by atoms with Crippen molar-refractivity contribution in [3.8, 4) is 11.1 Å². The molecule has 1 aliphatic rings. The molecule has 2 aromatic rings. The van der Waals surface area contributed by atoms with Crippen molar-refractivity contribution in [2.75, 3.05) is 0 Å². The minimum Gasteiger partial charge on any atom is -0.508 e. The van der Waals surface area contributed by atoms with Gasteiger partial charge < -0.3 is 10.2 Å². The van der Waals surface area contributed by atoms with E-state index >= 15 is 0 Å². The molecule has 98 valence electrons. The van der Waals surface area contributed by atoms with Gasteiger partial charge in [0.15, 0.2) is 0 Å². The van der Waals surface area contributed by atoms with Gasteiger partial charge in [-0.25, -0.2) is 0 Å². The largest absolute Gasteiger partial charge is 0.508 e. The fourth-order valence-electron chi connectivity index (χ4n) is 2.56. The van der Waals surface area contributed by atoms with Gasteiger partial charge in [0.25, 0.3) is 0 Å². The molecule has 2 heteroatoms. The van der Waals surface area contributed by atoms with Crippen LogP contribution in [0, 0.1) is 0 Å². The second-order valence-corrected chi connectivity index (χ2v) is 4.89. The van der Waals surface area contributed by atoms with Gasteiger partial charge in [0.1, 0.15) is 11.5 Å². The average molecular weight is 262 g/mol. The summed E-state index contributed by atoms with van der Waals surface area (Å²) >= 11 is 0. The Morgan fingerprint density at radius 2 is 1.10 bits per heavy atom. The monoisotopic (exact) mass is 262 g/mol. The van der Waals surface area contributed by atoms with Crippen LogP contribution in [-0.4, -0.2) is 10.2 Å². The fourth-order valence-corrected chi connectivity index (χ4v) is 2.56. The summed E-state index contributed by atoms with van der Waals surface area (Å²) in [6, 6.07) is 11.3. The van der Waals surface area contributed by atoms with Crippen LogP contribution in [0.3, 0.4) is 0 Å². The number of hydrogen-bond acceptors (Lipinski definition) is 2. The lowest BCUT2D eigenvalue weighted by Gasteiger charge is -2.04. The van der Waals surface area contributed by atoms with Crippen LogP contribution in [0.15, 0.2) is 56.1 Å². The second-order valence-electron chi connectivity index (χ2n) is 4.89. The van der Waals surface area contributed by atoms with E-state index in [0.717, 1.165) is 27.8 Å². The molecule has 0 spiro atoms. The highest BCUT2D eigenvalue weighted by Gasteiger charge is 2.23. The van der Waals surface area contributed by atoms with Crippen molar-refractivity contribution in [1.82, 2.24) is 0 Å². The van der Waals surface area contributed by atoms with Gasteiger partial charge in [-0.3, -0.25) is 0 Å². The normalized spacial score (nSPS) is 11.9. The van der Waals surface area contributed by atoms with Gasteiger partial charge in [-0.15, -0.1) is 0 Å². The minimum absolute atomic E-state index is 0.0426. The molecule has 20 heavy (non-hydrogen) atoms. The van der Waals surface area contributed by atoms with E-state index in [1.807, 2.05) is 36.4 Å². The summed E-state index contributed by atoms with van der Waals surface area (Å²) in [5, 5.41) is 19.0. The maximum atomic E-state index is 9.51. The first kappa shape index (κ1) is 12.3. The van der Waals surface area contributed by atoms with Crippen molar-refractivity contribution >= 4 is 17.1 Å². The zero-order valence-corrected chi connectivity index (χ0v) is 11.0. The third-order valence-corrected chi connectivity index (χ3v) is 3.65. The molecule has 0 bridgehead atoms. The zero-order chi connectivity index (χ0) is 14.4. The van der Waals surface area contributed by atoms with Gasteiger partial charge in [-0.05, 0) is 40.0 Å². The highest BCUT2D eigenvalue weighted by Crippen LogP contribution is 2.44. The summed E-state index contributed by atoms with van der Waals surface area (Å²) in [6.45, 7) is 11.2. The molecular weight excluding hydrogens is 248 g/mol. The first-order valence-corrected chi connectivity index (χ1v) is 6.23. The van der Waals surface area contributed by atoms with E-state index in [9.17, 15) is 10.2 Å². The molecule has 0 saturated carbocycles. The standard InChI is InChI=1S/C18H14O2/c1-10-17-8-13(11(2)19)4-6-15(17)16-7-5-14(12(3)20)9-18(10)16/h4-9,19-20H,1-3H2. The fraction of sp³-hybridized carbons (Fsp3) is 0. The highest BCUT2D eigenvalue weighted by molar-refractivity contribution is 6.01. The Bertz CT molecular complexity index is 717. The Morgan fingerprint density at radius 1 is 0.700 bits per heavy atom. The van der Waals surface area contributed by atoms with Crippen LogP contribution in [0.4, 0.5) is 0 Å². The Hall–Kier alpha value is -2.74. The van der Waals surface area contributed by atoms with Crippen molar-refractivity contribution in [3.05, 3.63) is 78.4 Å². The van der Waals surface area contributed by atoms with E-state index in [1.54, 1.807) is 0 Å². The van der Waals surface area contributed by atoms with Gasteiger partial charge in [-0.1, -0.05) is 44.0 Å². The molecule has 0 aliphatic heterocycles. The highest BCUT2D eigenvalue weighted by atomic mass is 16.3. The van der Waals surface area contributed by atoms with Crippen LogP contribution < -0.4 is 0 Å². The van der Waals surface area contributed by atoms with Gasteiger partial charge in [0.2, 0.25) is 0 Å². The quantitative estimate of drug-likeness (QED) is 0.652. The molecule has 3 rings (SSSR count). The smallest absolute Gasteiger partial charge is 0.115 e. The molecule has 0 saturated heterocycles. The summed E-state index contributed by atoms with van der Waals surface area (Å²) in [6.07, 6.45) is 0. The van der Waals surface area contributed by atoms with E-state index in [2.05, 4.69) is 19.7 Å². The van der Waals surface area contributed by atoms with Crippen molar-refractivity contribution in [2.24, 2.45) is 0 Å². The molecule has 2 N–H and O–H groups in total. The number of hydrogen-bond donors (Lipinski definition) is 2. The molecular formula is C18H14O2. The van der Waals surface area contributed by atoms with E-state index in [0.29, 0.717) is 11.1 Å². The molecule has 0 unspecified atom stereocenters. The molecule has 2 nitrogen and oxygen atoms in total. The molecule has 0 atom stereocenters. The average Bonchev–Trinajstić information content (AvgIpc) is 2.71. The number of rotatable bonds is 2. The number of fused-ring (bicyclic) bond motifs is 3. The van der Waals surface area contributed by atoms with Gasteiger partial charge in [0, 0.05) is 11.1 Å². The van der Waals surface area contributed by atoms with E-state index in [4.69, 9.17) is 0 Å². The lowest BCUT2D eigenvalue weighted by atomic mass is 10.0. The molecule has 0 fully saturated rings. The van der Waals surface area contributed by atoms with Crippen LogP contribution >= 0.6 is 0 Å². The van der Waals surface area contributed by atoms with Crippen molar-refractivity contribution in [1.29, 1.82) is 0 Å². The number of aliphatic hydroxyl groups excluding tert-OH is 2. The van der Waals surface area contributed by atoms with Crippen LogP contribution in [0.25, 0.3) is 28.2 Å². The first-order chi connectivity index (χ1) is 9.49. The number of aliphatic hydroxyl groups is 2. The Kier molecular flexibility index (Phi) is 2.54. The minimum atomic E-state index is 0.0426. The SMILES string of the molecule is C=C(O)c1ccc2c(c1)C(=C)c1cc(C(=C)O)ccc1-2. The van der Waals surface area contributed by atoms with Crippen LogP contribution in [0.5, 0.6) is 0 Å². The lowest BCUT2D eigenvalue weighted by molar-refractivity contribution is 0.513. The van der Waals surface area contributed by atoms with Crippen molar-refractivity contribution < 1.29 is 10.2 Å². The predicted molar refractivity (Wildman–Crippen MR) is 83.3 cm³/mol. The third kappa shape index (κ3) is 1.66. The molecule has 0 heterocycles. The predicted octanol–water partition coefficient (Wildman–Crippen LogP) is 4.79. The molecule has 2 aromatic carbocycles. The molecule has 1 aliphatic carbocycles. The van der Waals surface area contributed by atoms with E-state index in [1.165, 1.54) is 0 Å². The Balaban J connectivity index is 2.21. The van der Waals surface area contributed by atoms with E-state index in [-0.39, 0.29) is 11.5 Å². The molecule has 0 radical (unpaired) electrons. The summed E-state index contributed by atoms with van der Waals surface area (Å²) in [4.78, 5) is 0. The van der Waals surface area contributed by atoms with Gasteiger partial charge in [0.05, 0.1) is 0 Å². The maximum absolute atomic E-state index is 9.51. The Labute approximate surface area is 117 Å². The third-order valence-electron chi connectivity index (χ3n) is 3.65. The van der Waals surface area contributed by atoms with Gasteiger partial charge in [-0.2, -0.15) is 0 Å². The van der Waals surface area contributed by atoms with Crippen molar-refractivity contribution in [3.63, 3.8) is 0 Å². The second kappa shape index (κ2) is 4.14. The topological polar surface area (TPSA) is 40.5 Å². The first-order valence-electron chi connectivity index (χ1n) is 6.23. The zero-order valence-electron chi connectivity index (χ0n) is 11.0.